The second-order valence-electron chi connectivity index (χ2n) is 5.00. The third-order valence-corrected chi connectivity index (χ3v) is 3.26. The Morgan fingerprint density at radius 1 is 1.32 bits per heavy atom. The van der Waals surface area contributed by atoms with E-state index < -0.39 is 18.2 Å². The van der Waals surface area contributed by atoms with Crippen molar-refractivity contribution in [3.05, 3.63) is 35.9 Å². The van der Waals surface area contributed by atoms with Crippen molar-refractivity contribution in [2.75, 3.05) is 6.54 Å². The van der Waals surface area contributed by atoms with Crippen LogP contribution in [0.5, 0.6) is 0 Å². The van der Waals surface area contributed by atoms with Crippen molar-refractivity contribution in [2.45, 2.75) is 37.5 Å². The standard InChI is InChI=1S/C14H20N2O3/c17-13(9-15-11-6-7-11)12(16-14(18)19)8-10-4-2-1-3-5-10/h1-5,11-13,15-17H,6-9H2,(H,18,19)/t12-,13+/m0/s1. The summed E-state index contributed by atoms with van der Waals surface area (Å²) in [5.41, 5.74) is 1.01. The van der Waals surface area contributed by atoms with E-state index in [9.17, 15) is 9.90 Å². The molecule has 0 aliphatic heterocycles. The van der Waals surface area contributed by atoms with Gasteiger partial charge in [-0.3, -0.25) is 0 Å². The molecule has 1 fully saturated rings. The molecule has 1 aliphatic rings. The summed E-state index contributed by atoms with van der Waals surface area (Å²) in [6, 6.07) is 9.58. The number of rotatable bonds is 7. The van der Waals surface area contributed by atoms with Crippen LogP contribution in [0, 0.1) is 0 Å². The van der Waals surface area contributed by atoms with Gasteiger partial charge in [-0.25, -0.2) is 4.79 Å². The number of carboxylic acid groups (broad SMARTS) is 1. The minimum atomic E-state index is -1.11. The van der Waals surface area contributed by atoms with Crippen molar-refractivity contribution < 1.29 is 15.0 Å². The highest BCUT2D eigenvalue weighted by atomic mass is 16.4. The van der Waals surface area contributed by atoms with Crippen molar-refractivity contribution in [3.63, 3.8) is 0 Å². The van der Waals surface area contributed by atoms with E-state index in [4.69, 9.17) is 5.11 Å². The van der Waals surface area contributed by atoms with Gasteiger partial charge >= 0.3 is 6.09 Å². The van der Waals surface area contributed by atoms with Crippen LogP contribution in [0.25, 0.3) is 0 Å². The Balaban J connectivity index is 1.91. The van der Waals surface area contributed by atoms with Crippen LogP contribution in [0.1, 0.15) is 18.4 Å². The molecule has 19 heavy (non-hydrogen) atoms. The molecule has 0 bridgehead atoms. The first-order valence-electron chi connectivity index (χ1n) is 6.60. The SMILES string of the molecule is O=C(O)N[C@@H](Cc1ccccc1)[C@H](O)CNC1CC1. The first-order valence-corrected chi connectivity index (χ1v) is 6.60. The van der Waals surface area contributed by atoms with E-state index in [0.29, 0.717) is 19.0 Å². The largest absolute Gasteiger partial charge is 0.465 e. The van der Waals surface area contributed by atoms with Crippen molar-refractivity contribution >= 4 is 6.09 Å². The summed E-state index contributed by atoms with van der Waals surface area (Å²) in [6.07, 6.45) is 0.939. The molecule has 5 heteroatoms. The summed E-state index contributed by atoms with van der Waals surface area (Å²) in [7, 11) is 0. The van der Waals surface area contributed by atoms with E-state index in [2.05, 4.69) is 10.6 Å². The van der Waals surface area contributed by atoms with Gasteiger partial charge in [0.2, 0.25) is 0 Å². The molecule has 0 aromatic heterocycles. The molecule has 5 nitrogen and oxygen atoms in total. The van der Waals surface area contributed by atoms with Gasteiger partial charge in [-0.1, -0.05) is 30.3 Å². The number of amides is 1. The predicted molar refractivity (Wildman–Crippen MR) is 72.1 cm³/mol. The second kappa shape index (κ2) is 6.54. The molecule has 1 aromatic carbocycles. The summed E-state index contributed by atoms with van der Waals surface area (Å²) in [5.74, 6) is 0. The van der Waals surface area contributed by atoms with Gasteiger partial charge in [0.25, 0.3) is 0 Å². The van der Waals surface area contributed by atoms with Crippen LogP contribution in [0.4, 0.5) is 4.79 Å². The number of nitrogens with one attached hydrogen (secondary N) is 2. The van der Waals surface area contributed by atoms with Crippen molar-refractivity contribution in [2.24, 2.45) is 0 Å². The number of aliphatic hydroxyl groups is 1. The van der Waals surface area contributed by atoms with E-state index >= 15 is 0 Å². The fourth-order valence-corrected chi connectivity index (χ4v) is 2.03. The summed E-state index contributed by atoms with van der Waals surface area (Å²) in [5, 5.41) is 24.6. The first kappa shape index (κ1) is 13.8. The normalized spacial score (nSPS) is 17.7. The van der Waals surface area contributed by atoms with Crippen LogP contribution in [0.3, 0.4) is 0 Å². The average Bonchev–Trinajstić information content (AvgIpc) is 3.20. The van der Waals surface area contributed by atoms with Gasteiger partial charge in [-0.05, 0) is 24.8 Å². The molecular formula is C14H20N2O3. The van der Waals surface area contributed by atoms with Crippen LogP contribution in [-0.2, 0) is 6.42 Å². The second-order valence-corrected chi connectivity index (χ2v) is 5.00. The van der Waals surface area contributed by atoms with Gasteiger partial charge < -0.3 is 20.8 Å². The van der Waals surface area contributed by atoms with Crippen molar-refractivity contribution in [3.8, 4) is 0 Å². The summed E-state index contributed by atoms with van der Waals surface area (Å²) < 4.78 is 0. The van der Waals surface area contributed by atoms with Crippen molar-refractivity contribution in [1.82, 2.24) is 10.6 Å². The molecule has 0 heterocycles. The number of benzene rings is 1. The average molecular weight is 264 g/mol. The monoisotopic (exact) mass is 264 g/mol. The molecule has 0 saturated heterocycles. The Bertz CT molecular complexity index is 406. The minimum Gasteiger partial charge on any atom is -0.465 e. The zero-order chi connectivity index (χ0) is 13.7. The maximum atomic E-state index is 10.8. The third-order valence-electron chi connectivity index (χ3n) is 3.26. The van der Waals surface area contributed by atoms with Gasteiger partial charge in [0.05, 0.1) is 12.1 Å². The van der Waals surface area contributed by atoms with E-state index in [1.54, 1.807) is 0 Å². The van der Waals surface area contributed by atoms with Crippen LogP contribution < -0.4 is 10.6 Å². The Labute approximate surface area is 112 Å². The minimum absolute atomic E-state index is 0.419. The molecule has 4 N–H and O–H groups in total. The zero-order valence-electron chi connectivity index (χ0n) is 10.7. The lowest BCUT2D eigenvalue weighted by molar-refractivity contribution is 0.117. The van der Waals surface area contributed by atoms with Crippen LogP contribution >= 0.6 is 0 Å². The Kier molecular flexibility index (Phi) is 4.76. The highest BCUT2D eigenvalue weighted by molar-refractivity contribution is 5.65. The molecule has 0 unspecified atom stereocenters. The number of carbonyl (C=O) groups is 1. The molecule has 0 spiro atoms. The van der Waals surface area contributed by atoms with Crippen LogP contribution in [0.15, 0.2) is 30.3 Å². The van der Waals surface area contributed by atoms with E-state index in [0.717, 1.165) is 18.4 Å². The van der Waals surface area contributed by atoms with Gasteiger partial charge in [0.1, 0.15) is 0 Å². The lowest BCUT2D eigenvalue weighted by atomic mass is 10.0. The third kappa shape index (κ3) is 4.89. The Hall–Kier alpha value is -1.59. The van der Waals surface area contributed by atoms with Gasteiger partial charge in [0.15, 0.2) is 0 Å². The van der Waals surface area contributed by atoms with E-state index in [-0.39, 0.29) is 0 Å². The number of hydrogen-bond donors (Lipinski definition) is 4. The Morgan fingerprint density at radius 2 is 2.00 bits per heavy atom. The first-order chi connectivity index (χ1) is 9.15. The van der Waals surface area contributed by atoms with Crippen LogP contribution in [0.2, 0.25) is 0 Å². The molecule has 1 aliphatic carbocycles. The topological polar surface area (TPSA) is 81.6 Å². The summed E-state index contributed by atoms with van der Waals surface area (Å²) in [6.45, 7) is 0.419. The molecule has 0 radical (unpaired) electrons. The molecule has 1 aromatic rings. The molecule has 2 atom stereocenters. The summed E-state index contributed by atoms with van der Waals surface area (Å²) >= 11 is 0. The van der Waals surface area contributed by atoms with E-state index in [1.807, 2.05) is 30.3 Å². The number of hydrogen-bond acceptors (Lipinski definition) is 3. The van der Waals surface area contributed by atoms with Crippen LogP contribution in [-0.4, -0.2) is 41.0 Å². The Morgan fingerprint density at radius 3 is 2.58 bits per heavy atom. The molecule has 2 rings (SSSR count). The van der Waals surface area contributed by atoms with Crippen molar-refractivity contribution in [1.29, 1.82) is 0 Å². The molecule has 1 amide bonds. The fraction of sp³-hybridized carbons (Fsp3) is 0.500. The zero-order valence-corrected chi connectivity index (χ0v) is 10.7. The lowest BCUT2D eigenvalue weighted by Gasteiger charge is -2.23. The smallest absolute Gasteiger partial charge is 0.404 e. The maximum absolute atomic E-state index is 10.8. The predicted octanol–water partition coefficient (Wildman–Crippen LogP) is 0.978. The van der Waals surface area contributed by atoms with Gasteiger partial charge in [-0.15, -0.1) is 0 Å². The maximum Gasteiger partial charge on any atom is 0.404 e. The summed E-state index contributed by atoms with van der Waals surface area (Å²) in [4.78, 5) is 10.8. The van der Waals surface area contributed by atoms with Gasteiger partial charge in [0, 0.05) is 12.6 Å². The lowest BCUT2D eigenvalue weighted by Crippen LogP contribution is -2.48. The van der Waals surface area contributed by atoms with E-state index in [1.165, 1.54) is 0 Å². The number of aliphatic hydroxyl groups excluding tert-OH is 1. The molecule has 1 saturated carbocycles. The quantitative estimate of drug-likeness (QED) is 0.592. The van der Waals surface area contributed by atoms with Gasteiger partial charge in [-0.2, -0.15) is 0 Å². The molecular weight excluding hydrogens is 244 g/mol. The molecule has 104 valence electrons. The fourth-order valence-electron chi connectivity index (χ4n) is 2.03. The highest BCUT2D eigenvalue weighted by Gasteiger charge is 2.25. The highest BCUT2D eigenvalue weighted by Crippen LogP contribution is 2.18.